The first-order valence-corrected chi connectivity index (χ1v) is 10.1. The second-order valence-corrected chi connectivity index (χ2v) is 7.46. The zero-order valence-corrected chi connectivity index (χ0v) is 17.2. The van der Waals surface area contributed by atoms with E-state index in [1.807, 2.05) is 41.9 Å². The van der Waals surface area contributed by atoms with Crippen molar-refractivity contribution in [1.29, 1.82) is 0 Å². The molecule has 1 amide bonds. The SMILES string of the molecule is Cn1ccnc1C(NC(=O)c1ccc2noc(-c3ccccc3)c2c1)c1ccc(F)cc1. The summed E-state index contributed by atoms with van der Waals surface area (Å²) in [6.45, 7) is 0. The molecule has 0 aliphatic heterocycles. The number of nitrogens with one attached hydrogen (secondary N) is 1. The highest BCUT2D eigenvalue weighted by Crippen LogP contribution is 2.29. The number of aryl methyl sites for hydroxylation is 1. The number of hydrogen-bond acceptors (Lipinski definition) is 4. The molecule has 1 unspecified atom stereocenters. The lowest BCUT2D eigenvalue weighted by Gasteiger charge is -2.19. The van der Waals surface area contributed by atoms with Crippen molar-refractivity contribution >= 4 is 16.8 Å². The number of nitrogens with zero attached hydrogens (tertiary/aromatic N) is 3. The molecule has 0 radical (unpaired) electrons. The van der Waals surface area contributed by atoms with Crippen molar-refractivity contribution in [2.75, 3.05) is 0 Å². The van der Waals surface area contributed by atoms with Crippen LogP contribution in [-0.2, 0) is 7.05 Å². The van der Waals surface area contributed by atoms with Crippen molar-refractivity contribution in [2.45, 2.75) is 6.04 Å². The Hall–Kier alpha value is -4.26. The van der Waals surface area contributed by atoms with E-state index in [4.69, 9.17) is 4.52 Å². The lowest BCUT2D eigenvalue weighted by Crippen LogP contribution is -2.31. The van der Waals surface area contributed by atoms with E-state index in [9.17, 15) is 9.18 Å². The van der Waals surface area contributed by atoms with E-state index < -0.39 is 6.04 Å². The minimum Gasteiger partial charge on any atom is -0.355 e. The zero-order chi connectivity index (χ0) is 22.1. The molecule has 158 valence electrons. The van der Waals surface area contributed by atoms with Gasteiger partial charge in [-0.1, -0.05) is 47.6 Å². The van der Waals surface area contributed by atoms with Crippen molar-refractivity contribution in [3.8, 4) is 11.3 Å². The Morgan fingerprint density at radius 2 is 1.84 bits per heavy atom. The lowest BCUT2D eigenvalue weighted by molar-refractivity contribution is 0.0941. The predicted molar refractivity (Wildman–Crippen MR) is 118 cm³/mol. The number of aromatic nitrogens is 3. The largest absolute Gasteiger partial charge is 0.355 e. The molecule has 0 fully saturated rings. The molecular formula is C25H19FN4O2. The fourth-order valence-electron chi connectivity index (χ4n) is 3.70. The second-order valence-electron chi connectivity index (χ2n) is 7.46. The average molecular weight is 426 g/mol. The van der Waals surface area contributed by atoms with Gasteiger partial charge in [-0.05, 0) is 35.9 Å². The number of carbonyl (C=O) groups excluding carboxylic acids is 1. The van der Waals surface area contributed by atoms with Crippen LogP contribution in [0.25, 0.3) is 22.2 Å². The number of halogens is 1. The third-order valence-electron chi connectivity index (χ3n) is 5.37. The summed E-state index contributed by atoms with van der Waals surface area (Å²) < 4.78 is 20.8. The highest BCUT2D eigenvalue weighted by Gasteiger charge is 2.22. The van der Waals surface area contributed by atoms with Crippen molar-refractivity contribution in [2.24, 2.45) is 7.05 Å². The number of carbonyl (C=O) groups is 1. The van der Waals surface area contributed by atoms with Crippen LogP contribution in [0.15, 0.2) is 89.7 Å². The predicted octanol–water partition coefficient (Wildman–Crippen LogP) is 4.89. The minimum atomic E-state index is -0.546. The van der Waals surface area contributed by atoms with Gasteiger partial charge in [0.1, 0.15) is 23.2 Å². The van der Waals surface area contributed by atoms with Gasteiger partial charge in [-0.15, -0.1) is 0 Å². The maximum atomic E-state index is 13.5. The van der Waals surface area contributed by atoms with E-state index in [0.717, 1.165) is 16.5 Å². The van der Waals surface area contributed by atoms with Crippen LogP contribution in [0.2, 0.25) is 0 Å². The van der Waals surface area contributed by atoms with Gasteiger partial charge in [0.25, 0.3) is 5.91 Å². The Kier molecular flexibility index (Phi) is 4.99. The third-order valence-corrected chi connectivity index (χ3v) is 5.37. The van der Waals surface area contributed by atoms with Crippen LogP contribution in [0.5, 0.6) is 0 Å². The molecule has 0 saturated heterocycles. The zero-order valence-electron chi connectivity index (χ0n) is 17.2. The highest BCUT2D eigenvalue weighted by atomic mass is 19.1. The molecule has 2 heterocycles. The molecule has 5 rings (SSSR count). The number of amides is 1. The normalized spacial score (nSPS) is 12.1. The number of benzene rings is 3. The highest BCUT2D eigenvalue weighted by molar-refractivity contribution is 6.01. The minimum absolute atomic E-state index is 0.288. The van der Waals surface area contributed by atoms with Gasteiger partial charge in [0.2, 0.25) is 0 Å². The van der Waals surface area contributed by atoms with Crippen LogP contribution >= 0.6 is 0 Å². The molecule has 3 aromatic carbocycles. The first kappa shape index (κ1) is 19.7. The topological polar surface area (TPSA) is 73.0 Å². The van der Waals surface area contributed by atoms with E-state index in [0.29, 0.717) is 22.7 Å². The summed E-state index contributed by atoms with van der Waals surface area (Å²) in [4.78, 5) is 17.6. The van der Waals surface area contributed by atoms with Gasteiger partial charge in [0, 0.05) is 30.6 Å². The maximum Gasteiger partial charge on any atom is 0.252 e. The smallest absolute Gasteiger partial charge is 0.252 e. The van der Waals surface area contributed by atoms with E-state index in [-0.39, 0.29) is 11.7 Å². The Morgan fingerprint density at radius 1 is 1.06 bits per heavy atom. The molecule has 1 atom stereocenters. The maximum absolute atomic E-state index is 13.5. The van der Waals surface area contributed by atoms with Crippen LogP contribution in [0, 0.1) is 5.82 Å². The van der Waals surface area contributed by atoms with Crippen molar-refractivity contribution in [3.63, 3.8) is 0 Å². The van der Waals surface area contributed by atoms with Gasteiger partial charge in [-0.25, -0.2) is 9.37 Å². The molecule has 2 aromatic heterocycles. The Morgan fingerprint density at radius 3 is 2.56 bits per heavy atom. The summed E-state index contributed by atoms with van der Waals surface area (Å²) in [6, 6.07) is 20.3. The summed E-state index contributed by atoms with van der Waals surface area (Å²) in [7, 11) is 1.85. The van der Waals surface area contributed by atoms with Crippen LogP contribution in [0.1, 0.15) is 27.8 Å². The van der Waals surface area contributed by atoms with Gasteiger partial charge in [-0.2, -0.15) is 0 Å². The Balaban J connectivity index is 1.51. The van der Waals surface area contributed by atoms with E-state index in [1.165, 1.54) is 12.1 Å². The molecule has 32 heavy (non-hydrogen) atoms. The van der Waals surface area contributed by atoms with E-state index >= 15 is 0 Å². The molecule has 1 N–H and O–H groups in total. The van der Waals surface area contributed by atoms with Gasteiger partial charge in [0.15, 0.2) is 5.76 Å². The number of imidazole rings is 1. The molecule has 0 aliphatic rings. The molecule has 6 nitrogen and oxygen atoms in total. The molecule has 0 bridgehead atoms. The molecular weight excluding hydrogens is 407 g/mol. The standard InChI is InChI=1S/C25H19FN4O2/c1-30-14-13-27-24(30)22(16-7-10-19(26)11-8-16)28-25(31)18-9-12-21-20(15-18)23(32-29-21)17-5-3-2-4-6-17/h2-15,22H,1H3,(H,28,31). The molecule has 7 heteroatoms. The number of hydrogen-bond donors (Lipinski definition) is 1. The van der Waals surface area contributed by atoms with Crippen LogP contribution < -0.4 is 5.32 Å². The Bertz CT molecular complexity index is 1390. The summed E-state index contributed by atoms with van der Waals surface area (Å²) in [6.07, 6.45) is 3.46. The average Bonchev–Trinajstić information content (AvgIpc) is 3.44. The first-order chi connectivity index (χ1) is 15.6. The first-order valence-electron chi connectivity index (χ1n) is 10.1. The molecule has 0 saturated carbocycles. The summed E-state index contributed by atoms with van der Waals surface area (Å²) in [5.41, 5.74) is 2.73. The van der Waals surface area contributed by atoms with Crippen molar-refractivity contribution in [1.82, 2.24) is 20.0 Å². The van der Waals surface area contributed by atoms with Gasteiger partial charge in [-0.3, -0.25) is 4.79 Å². The van der Waals surface area contributed by atoms with Crippen molar-refractivity contribution in [3.05, 3.63) is 108 Å². The fourth-order valence-corrected chi connectivity index (χ4v) is 3.70. The summed E-state index contributed by atoms with van der Waals surface area (Å²) >= 11 is 0. The second kappa shape index (κ2) is 8.11. The Labute approximate surface area is 183 Å². The van der Waals surface area contributed by atoms with Gasteiger partial charge in [0.05, 0.1) is 5.39 Å². The fraction of sp³-hybridized carbons (Fsp3) is 0.0800. The van der Waals surface area contributed by atoms with Crippen LogP contribution in [0.4, 0.5) is 4.39 Å². The van der Waals surface area contributed by atoms with Crippen LogP contribution in [0.3, 0.4) is 0 Å². The van der Waals surface area contributed by atoms with E-state index in [1.54, 1.807) is 42.7 Å². The summed E-state index contributed by atoms with van der Waals surface area (Å²) in [5.74, 6) is 0.616. The van der Waals surface area contributed by atoms with Gasteiger partial charge < -0.3 is 14.4 Å². The summed E-state index contributed by atoms with van der Waals surface area (Å²) in [5, 5.41) is 7.89. The van der Waals surface area contributed by atoms with E-state index in [2.05, 4.69) is 15.5 Å². The van der Waals surface area contributed by atoms with Crippen LogP contribution in [-0.4, -0.2) is 20.6 Å². The van der Waals surface area contributed by atoms with Crippen molar-refractivity contribution < 1.29 is 13.7 Å². The number of rotatable bonds is 5. The molecule has 5 aromatic rings. The molecule has 0 aliphatic carbocycles. The third kappa shape index (κ3) is 3.65. The monoisotopic (exact) mass is 426 g/mol. The lowest BCUT2D eigenvalue weighted by atomic mass is 10.0. The van der Waals surface area contributed by atoms with Gasteiger partial charge >= 0.3 is 0 Å². The molecule has 0 spiro atoms. The quantitative estimate of drug-likeness (QED) is 0.434. The number of fused-ring (bicyclic) bond motifs is 1.